The molecule has 0 atom stereocenters. The van der Waals surface area contributed by atoms with E-state index in [9.17, 15) is 0 Å². The molecule has 0 aromatic carbocycles. The van der Waals surface area contributed by atoms with Crippen LogP contribution < -0.4 is 0 Å². The fourth-order valence-corrected chi connectivity index (χ4v) is 1.76. The summed E-state index contributed by atoms with van der Waals surface area (Å²) < 4.78 is 0.759. The molecule has 4 heteroatoms. The van der Waals surface area contributed by atoms with Crippen LogP contribution in [0.5, 0.6) is 0 Å². The number of nitrogens with zero attached hydrogens (tertiary/aromatic N) is 1. The molecule has 1 nitrogen and oxygen atoms in total. The largest absolute Gasteiger partial charge is 0.358 e. The minimum absolute atomic E-state index is 0. The van der Waals surface area contributed by atoms with E-state index in [0.717, 1.165) is 17.4 Å². The van der Waals surface area contributed by atoms with Crippen molar-refractivity contribution in [1.29, 1.82) is 0 Å². The van der Waals surface area contributed by atoms with Crippen LogP contribution in [0.1, 0.15) is 52.4 Å². The molecule has 0 aliphatic rings. The second-order valence-electron chi connectivity index (χ2n) is 3.68. The van der Waals surface area contributed by atoms with Gasteiger partial charge in [-0.3, -0.25) is 0 Å². The summed E-state index contributed by atoms with van der Waals surface area (Å²) >= 11 is 9.35. The normalized spacial score (nSPS) is 9.53. The second kappa shape index (κ2) is 12.8. The zero-order valence-electron chi connectivity index (χ0n) is 9.76. The fourth-order valence-electron chi connectivity index (χ4n) is 1.38. The van der Waals surface area contributed by atoms with Crippen molar-refractivity contribution in [2.24, 2.45) is 0 Å². The topological polar surface area (TPSA) is 3.24 Å². The number of thiocarbonyl (C=S) groups is 1. The molecule has 0 saturated heterocycles. The third-order valence-electron chi connectivity index (χ3n) is 2.33. The number of hydrogen-bond acceptors (Lipinski definition) is 1. The van der Waals surface area contributed by atoms with Gasteiger partial charge in [0.15, 0.2) is 0 Å². The Morgan fingerprint density at radius 1 is 1.00 bits per heavy atom. The van der Waals surface area contributed by atoms with Crippen LogP contribution in [0.25, 0.3) is 0 Å². The van der Waals surface area contributed by atoms with Crippen LogP contribution in [0, 0.1) is 0 Å². The van der Waals surface area contributed by atoms with E-state index in [4.69, 9.17) is 12.2 Å². The Hall–Kier alpha value is 0.759. The third-order valence-corrected chi connectivity index (χ3v) is 2.87. The molecule has 0 saturated carbocycles. The maximum absolute atomic E-state index is 5.10. The molecule has 0 spiro atoms. The van der Waals surface area contributed by atoms with Crippen LogP contribution in [0.15, 0.2) is 0 Å². The van der Waals surface area contributed by atoms with Crippen molar-refractivity contribution in [3.63, 3.8) is 0 Å². The molecule has 0 N–H and O–H groups in total. The van der Waals surface area contributed by atoms with Gasteiger partial charge in [-0.1, -0.05) is 51.7 Å². The first-order valence-corrected chi connectivity index (χ1v) is 6.55. The van der Waals surface area contributed by atoms with Crippen LogP contribution in [-0.2, 0) is 17.1 Å². The predicted octanol–water partition coefficient (Wildman–Crippen LogP) is 3.88. The molecule has 0 aliphatic carbocycles. The monoisotopic (exact) mass is 296 g/mol. The molecule has 95 valence electrons. The van der Waals surface area contributed by atoms with E-state index in [2.05, 4.69) is 31.4 Å². The van der Waals surface area contributed by atoms with E-state index in [1.54, 1.807) is 0 Å². The Morgan fingerprint density at radius 2 is 1.53 bits per heavy atom. The van der Waals surface area contributed by atoms with Gasteiger partial charge in [-0.25, -0.2) is 0 Å². The molecular weight excluding hydrogens is 274 g/mol. The third kappa shape index (κ3) is 11.0. The molecule has 0 heterocycles. The van der Waals surface area contributed by atoms with Crippen molar-refractivity contribution < 1.29 is 17.1 Å². The van der Waals surface area contributed by atoms with Crippen LogP contribution in [0.3, 0.4) is 0 Å². The van der Waals surface area contributed by atoms with Crippen molar-refractivity contribution in [1.82, 2.24) is 4.90 Å². The minimum Gasteiger partial charge on any atom is -0.358 e. The summed E-state index contributed by atoms with van der Waals surface area (Å²) in [7, 11) is 0. The van der Waals surface area contributed by atoms with Gasteiger partial charge in [0.1, 0.15) is 4.32 Å². The molecule has 0 fully saturated rings. The first-order valence-electron chi connectivity index (χ1n) is 5.70. The summed E-state index contributed by atoms with van der Waals surface area (Å²) in [6.45, 7) is 6.60. The number of unbranched alkanes of at least 4 members (excludes halogenated alkanes) is 4. The summed E-state index contributed by atoms with van der Waals surface area (Å²) in [6, 6.07) is 0. The van der Waals surface area contributed by atoms with Gasteiger partial charge in [0.25, 0.3) is 0 Å². The molecule has 0 amide bonds. The zero-order valence-corrected chi connectivity index (χ0v) is 12.4. The first kappa shape index (κ1) is 18.1. The van der Waals surface area contributed by atoms with Crippen LogP contribution in [-0.4, -0.2) is 22.3 Å². The second-order valence-corrected chi connectivity index (χ2v) is 4.80. The van der Waals surface area contributed by atoms with Gasteiger partial charge in [-0.05, 0) is 12.8 Å². The molecule has 0 aromatic heterocycles. The van der Waals surface area contributed by atoms with Crippen molar-refractivity contribution in [3.8, 4) is 0 Å². The number of thiol groups is 1. The summed E-state index contributed by atoms with van der Waals surface area (Å²) in [5.41, 5.74) is 0. The van der Waals surface area contributed by atoms with Gasteiger partial charge in [-0.2, -0.15) is 0 Å². The van der Waals surface area contributed by atoms with Gasteiger partial charge < -0.3 is 4.90 Å². The van der Waals surface area contributed by atoms with Crippen molar-refractivity contribution in [2.75, 3.05) is 13.1 Å². The average molecular weight is 297 g/mol. The van der Waals surface area contributed by atoms with Crippen LogP contribution in [0.4, 0.5) is 0 Å². The number of rotatable bonds is 8. The summed E-state index contributed by atoms with van der Waals surface area (Å²) in [4.78, 5) is 2.22. The standard InChI is InChI=1S/C11H23NS2.Cu/c1-3-5-7-8-10-12(11(13)14)9-6-4-2;/h3-10H2,1-2H3,(H,13,14);. The summed E-state index contributed by atoms with van der Waals surface area (Å²) in [6.07, 6.45) is 7.63. The van der Waals surface area contributed by atoms with E-state index in [1.165, 1.54) is 38.5 Å². The molecule has 0 unspecified atom stereocenters. The van der Waals surface area contributed by atoms with E-state index < -0.39 is 0 Å². The number of hydrogen-bond donors (Lipinski definition) is 1. The average Bonchev–Trinajstić information content (AvgIpc) is 2.16. The molecule has 0 rings (SSSR count). The van der Waals surface area contributed by atoms with E-state index in [0.29, 0.717) is 0 Å². The molecule has 0 bridgehead atoms. The smallest absolute Gasteiger partial charge is 0.133 e. The summed E-state index contributed by atoms with van der Waals surface area (Å²) in [5, 5.41) is 0. The van der Waals surface area contributed by atoms with Crippen LogP contribution >= 0.6 is 24.8 Å². The predicted molar refractivity (Wildman–Crippen MR) is 72.2 cm³/mol. The van der Waals surface area contributed by atoms with Gasteiger partial charge in [-0.15, -0.1) is 12.6 Å². The molecule has 1 radical (unpaired) electrons. The Labute approximate surface area is 116 Å². The fraction of sp³-hybridized carbons (Fsp3) is 0.909. The Balaban J connectivity index is 0. The Kier molecular flexibility index (Phi) is 15.5. The van der Waals surface area contributed by atoms with Gasteiger partial charge in [0, 0.05) is 30.2 Å². The van der Waals surface area contributed by atoms with Crippen molar-refractivity contribution in [2.45, 2.75) is 52.4 Å². The minimum atomic E-state index is 0. The Morgan fingerprint density at radius 3 is 2.00 bits per heavy atom. The Bertz CT molecular complexity index is 154. The van der Waals surface area contributed by atoms with E-state index >= 15 is 0 Å². The molecule has 15 heavy (non-hydrogen) atoms. The zero-order chi connectivity index (χ0) is 10.8. The van der Waals surface area contributed by atoms with Gasteiger partial charge in [0.2, 0.25) is 0 Å². The molecule has 0 aromatic rings. The van der Waals surface area contributed by atoms with Crippen molar-refractivity contribution in [3.05, 3.63) is 0 Å². The van der Waals surface area contributed by atoms with Crippen molar-refractivity contribution >= 4 is 29.2 Å². The quantitative estimate of drug-likeness (QED) is 0.313. The SMILES string of the molecule is CCCCCCN(CCCC)C(=S)S.[Cu]. The molecular formula is C11H23CuNS2. The van der Waals surface area contributed by atoms with E-state index in [-0.39, 0.29) is 17.1 Å². The summed E-state index contributed by atoms with van der Waals surface area (Å²) in [5.74, 6) is 0. The van der Waals surface area contributed by atoms with Crippen LogP contribution in [0.2, 0.25) is 0 Å². The van der Waals surface area contributed by atoms with E-state index in [1.807, 2.05) is 0 Å². The molecule has 0 aliphatic heterocycles. The first-order chi connectivity index (χ1) is 6.72. The van der Waals surface area contributed by atoms with Gasteiger partial charge >= 0.3 is 0 Å². The maximum Gasteiger partial charge on any atom is 0.133 e. The maximum atomic E-state index is 5.10. The van der Waals surface area contributed by atoms with Gasteiger partial charge in [0.05, 0.1) is 0 Å².